The minimum absolute atomic E-state index is 0.232. The molecule has 0 bridgehead atoms. The van der Waals surface area contributed by atoms with Crippen LogP contribution < -0.4 is 0 Å². The molecule has 0 aliphatic carbocycles. The van der Waals surface area contributed by atoms with Gasteiger partial charge < -0.3 is 0 Å². The van der Waals surface area contributed by atoms with E-state index in [-0.39, 0.29) is 48.3 Å². The topological polar surface area (TPSA) is 20.3 Å². The second kappa shape index (κ2) is 5.89. The predicted molar refractivity (Wildman–Crippen MR) is 55.8 cm³/mol. The van der Waals surface area contributed by atoms with Crippen LogP contribution in [0.3, 0.4) is 0 Å². The van der Waals surface area contributed by atoms with Crippen LogP contribution >= 0.6 is 0 Å². The van der Waals surface area contributed by atoms with Crippen molar-refractivity contribution in [3.8, 4) is 0 Å². The molecular formula is C9H11NOTe2. The first-order valence-electron chi connectivity index (χ1n) is 3.77. The fourth-order valence-electron chi connectivity index (χ4n) is 0.926. The Morgan fingerprint density at radius 1 is 1.15 bits per heavy atom. The summed E-state index contributed by atoms with van der Waals surface area (Å²) in [6.07, 6.45) is 0. The van der Waals surface area contributed by atoms with E-state index in [1.54, 1.807) is 0 Å². The summed E-state index contributed by atoms with van der Waals surface area (Å²) in [5.41, 5.74) is 0.835. The Morgan fingerprint density at radius 2 is 1.69 bits per heavy atom. The summed E-state index contributed by atoms with van der Waals surface area (Å²) in [5, 5.41) is 0. The molecule has 0 radical (unpaired) electrons. The molecule has 1 amide bonds. The van der Waals surface area contributed by atoms with Gasteiger partial charge >= 0.3 is 100 Å². The van der Waals surface area contributed by atoms with Crippen molar-refractivity contribution < 1.29 is 4.79 Å². The molecule has 1 aromatic rings. The molecule has 4 heteroatoms. The van der Waals surface area contributed by atoms with Crippen molar-refractivity contribution in [2.45, 2.75) is 9.94 Å². The summed E-state index contributed by atoms with van der Waals surface area (Å²) in [4.78, 5) is 16.1. The average Bonchev–Trinajstić information content (AvgIpc) is 2.21. The van der Waals surface area contributed by atoms with Crippen LogP contribution in [0, 0.1) is 0 Å². The van der Waals surface area contributed by atoms with E-state index in [0.29, 0.717) is 0 Å². The van der Waals surface area contributed by atoms with Crippen molar-refractivity contribution in [2.75, 3.05) is 0 Å². The predicted octanol–water partition coefficient (Wildman–Crippen LogP) is 1.46. The van der Waals surface area contributed by atoms with Crippen LogP contribution in [0.2, 0.25) is 9.94 Å². The van der Waals surface area contributed by atoms with Crippen LogP contribution in [0.25, 0.3) is 0 Å². The Kier molecular flexibility index (Phi) is 5.14. The molecule has 0 aliphatic rings. The Labute approximate surface area is 99.6 Å². The molecule has 0 spiro atoms. The number of nitrogens with zero attached hydrogens (tertiary/aromatic N) is 1. The quantitative estimate of drug-likeness (QED) is 0.699. The van der Waals surface area contributed by atoms with Crippen LogP contribution in [0.15, 0.2) is 30.3 Å². The van der Waals surface area contributed by atoms with Gasteiger partial charge in [0.05, 0.1) is 0 Å². The first-order chi connectivity index (χ1) is 6.29. The van der Waals surface area contributed by atoms with Gasteiger partial charge in [-0.15, -0.1) is 0 Å². The van der Waals surface area contributed by atoms with Gasteiger partial charge in [-0.2, -0.15) is 0 Å². The van der Waals surface area contributed by atoms with Crippen LogP contribution in [0.1, 0.15) is 10.4 Å². The molecule has 0 unspecified atom stereocenters. The van der Waals surface area contributed by atoms with Gasteiger partial charge in [0, 0.05) is 0 Å². The van der Waals surface area contributed by atoms with E-state index < -0.39 is 0 Å². The second-order valence-electron chi connectivity index (χ2n) is 2.29. The van der Waals surface area contributed by atoms with E-state index in [4.69, 9.17) is 0 Å². The molecule has 0 saturated heterocycles. The van der Waals surface area contributed by atoms with Gasteiger partial charge in [0.25, 0.3) is 0 Å². The Balaban J connectivity index is 2.78. The van der Waals surface area contributed by atoms with Crippen molar-refractivity contribution in [3.05, 3.63) is 35.9 Å². The van der Waals surface area contributed by atoms with E-state index in [0.717, 1.165) is 5.56 Å². The van der Waals surface area contributed by atoms with E-state index in [1.165, 1.54) is 0 Å². The number of hydrogen-bond donors (Lipinski definition) is 0. The van der Waals surface area contributed by atoms with Crippen molar-refractivity contribution in [1.82, 2.24) is 1.40 Å². The Morgan fingerprint density at radius 3 is 2.15 bits per heavy atom. The van der Waals surface area contributed by atoms with Crippen molar-refractivity contribution >= 4 is 48.3 Å². The summed E-state index contributed by atoms with van der Waals surface area (Å²) in [5.74, 6) is 0.232. The van der Waals surface area contributed by atoms with Gasteiger partial charge in [0.15, 0.2) is 0 Å². The van der Waals surface area contributed by atoms with E-state index in [9.17, 15) is 4.79 Å². The first-order valence-corrected chi connectivity index (χ1v) is 10.5. The normalized spacial score (nSPS) is 9.69. The number of carbonyl (C=O) groups excluding carboxylic acids is 1. The molecule has 1 rings (SSSR count). The molecule has 1 aromatic carbocycles. The SMILES string of the molecule is C[Te]N([Te]C)C(=O)c1ccccc1. The molecular weight excluding hydrogens is 393 g/mol. The van der Waals surface area contributed by atoms with Crippen molar-refractivity contribution in [3.63, 3.8) is 0 Å². The maximum absolute atomic E-state index is 11.8. The number of carbonyl (C=O) groups is 1. The van der Waals surface area contributed by atoms with Crippen LogP contribution in [-0.4, -0.2) is 49.7 Å². The summed E-state index contributed by atoms with van der Waals surface area (Å²) >= 11 is -0.497. The third kappa shape index (κ3) is 3.15. The van der Waals surface area contributed by atoms with E-state index in [1.807, 2.05) is 30.3 Å². The third-order valence-electron chi connectivity index (χ3n) is 1.52. The van der Waals surface area contributed by atoms with Gasteiger partial charge in [0.1, 0.15) is 0 Å². The number of amides is 1. The zero-order valence-corrected chi connectivity index (χ0v) is 12.2. The maximum atomic E-state index is 11.8. The van der Waals surface area contributed by atoms with Gasteiger partial charge in [-0.05, 0) is 0 Å². The molecule has 0 aliphatic heterocycles. The molecule has 0 saturated carbocycles. The fraction of sp³-hybridized carbons (Fsp3) is 0.222. The molecule has 0 heterocycles. The molecule has 0 aromatic heterocycles. The van der Waals surface area contributed by atoms with Crippen molar-refractivity contribution in [2.24, 2.45) is 0 Å². The van der Waals surface area contributed by atoms with Gasteiger partial charge in [0.2, 0.25) is 0 Å². The van der Waals surface area contributed by atoms with Gasteiger partial charge in [-0.3, -0.25) is 0 Å². The van der Waals surface area contributed by atoms with E-state index in [2.05, 4.69) is 11.3 Å². The molecule has 70 valence electrons. The zero-order valence-electron chi connectivity index (χ0n) is 7.56. The standard InChI is InChI=1S/C9H11NOTe2/c1-12-10(13-2)9(11)8-6-4-3-5-7-8/h3-7H,1-2H3. The molecule has 13 heavy (non-hydrogen) atoms. The zero-order chi connectivity index (χ0) is 9.68. The van der Waals surface area contributed by atoms with Crippen LogP contribution in [0.4, 0.5) is 0 Å². The Bertz CT molecular complexity index is 272. The van der Waals surface area contributed by atoms with Crippen LogP contribution in [-0.2, 0) is 0 Å². The summed E-state index contributed by atoms with van der Waals surface area (Å²) in [6, 6.07) is 9.54. The summed E-state index contributed by atoms with van der Waals surface area (Å²) in [6.45, 7) is 0. The van der Waals surface area contributed by atoms with Crippen molar-refractivity contribution in [1.29, 1.82) is 0 Å². The number of rotatable bonds is 3. The fourth-order valence-corrected chi connectivity index (χ4v) is 5.75. The van der Waals surface area contributed by atoms with E-state index >= 15 is 0 Å². The molecule has 0 N–H and O–H groups in total. The first kappa shape index (κ1) is 11.3. The molecule has 2 nitrogen and oxygen atoms in total. The third-order valence-corrected chi connectivity index (χ3v) is 10.1. The average molecular weight is 404 g/mol. The molecule has 0 atom stereocenters. The summed E-state index contributed by atoms with van der Waals surface area (Å²) < 4.78 is 2.07. The number of hydrogen-bond acceptors (Lipinski definition) is 1. The van der Waals surface area contributed by atoms with Gasteiger partial charge in [-0.1, -0.05) is 0 Å². The summed E-state index contributed by atoms with van der Waals surface area (Å²) in [7, 11) is 0. The van der Waals surface area contributed by atoms with Gasteiger partial charge in [-0.25, -0.2) is 0 Å². The minimum atomic E-state index is -0.248. The Hall–Kier alpha value is 0.269. The molecule has 0 fully saturated rings. The monoisotopic (exact) mass is 409 g/mol. The van der Waals surface area contributed by atoms with Crippen LogP contribution in [0.5, 0.6) is 0 Å². The number of benzene rings is 1. The second-order valence-corrected chi connectivity index (χ2v) is 8.70.